The zero-order chi connectivity index (χ0) is 26.1. The molecule has 37 heavy (non-hydrogen) atoms. The summed E-state index contributed by atoms with van der Waals surface area (Å²) in [6.45, 7) is 9.87. The summed E-state index contributed by atoms with van der Waals surface area (Å²) < 4.78 is 2.49. The van der Waals surface area contributed by atoms with Crippen molar-refractivity contribution in [2.45, 2.75) is 69.1 Å². The van der Waals surface area contributed by atoms with Gasteiger partial charge in [-0.1, -0.05) is 0 Å². The van der Waals surface area contributed by atoms with E-state index in [1.54, 1.807) is 22.3 Å². The van der Waals surface area contributed by atoms with Crippen LogP contribution in [-0.2, 0) is 0 Å². The topological polar surface area (TPSA) is 0 Å². The fourth-order valence-corrected chi connectivity index (χ4v) is 32.9. The van der Waals surface area contributed by atoms with Gasteiger partial charge in [-0.25, -0.2) is 0 Å². The quantitative estimate of drug-likeness (QED) is 0.143. The minimum atomic E-state index is -3.43. The Hall–Kier alpha value is -2.32. The maximum atomic E-state index is 2.47. The number of rotatable bonds is 12. The molecule has 0 aliphatic heterocycles. The zero-order valence-corrected chi connectivity index (χ0v) is 26.0. The summed E-state index contributed by atoms with van der Waals surface area (Å²) in [5.74, 6) is 0. The first-order chi connectivity index (χ1) is 18.2. The Morgan fingerprint density at radius 2 is 0.541 bits per heavy atom. The predicted molar refractivity (Wildman–Crippen MR) is 164 cm³/mol. The van der Waals surface area contributed by atoms with E-state index >= 15 is 0 Å². The summed E-state index contributed by atoms with van der Waals surface area (Å²) in [5, 5.41) is 0. The molecule has 0 amide bonds. The first-order valence-electron chi connectivity index (χ1n) is 14.4. The van der Waals surface area contributed by atoms with Crippen molar-refractivity contribution in [1.29, 1.82) is 0 Å². The van der Waals surface area contributed by atoms with Crippen LogP contribution in [0.3, 0.4) is 0 Å². The Morgan fingerprint density at radius 1 is 0.351 bits per heavy atom. The predicted octanol–water partition coefficient (Wildman–Crippen LogP) is 10.4. The maximum absolute atomic E-state index is 3.43. The molecule has 0 aliphatic carbocycles. The van der Waals surface area contributed by atoms with Crippen LogP contribution in [0.5, 0.6) is 0 Å². The summed E-state index contributed by atoms with van der Waals surface area (Å²) in [6.07, 6.45) is 4.82. The Kier molecular flexibility index (Phi) is 10.1. The Bertz CT molecular complexity index is 975. The van der Waals surface area contributed by atoms with E-state index in [0.29, 0.717) is 15.7 Å². The van der Waals surface area contributed by atoms with Gasteiger partial charge in [0.05, 0.1) is 0 Å². The van der Waals surface area contributed by atoms with Gasteiger partial charge in [-0.3, -0.25) is 0 Å². The van der Waals surface area contributed by atoms with E-state index in [9.17, 15) is 0 Å². The van der Waals surface area contributed by atoms with E-state index in [2.05, 4.69) is 149 Å². The zero-order valence-electron chi connectivity index (χ0n) is 23.2. The third kappa shape index (κ3) is 5.60. The molecular weight excluding hydrogens is 551 g/mol. The molecule has 4 unspecified atom stereocenters. The molecule has 0 saturated carbocycles. The molecule has 4 aromatic carbocycles. The van der Waals surface area contributed by atoms with Crippen LogP contribution in [0.15, 0.2) is 121 Å². The van der Waals surface area contributed by atoms with Crippen molar-refractivity contribution < 1.29 is 0 Å². The van der Waals surface area contributed by atoms with Crippen LogP contribution < -0.4 is 0 Å². The fraction of sp³-hybridized carbons (Fsp3) is 0.333. The second kappa shape index (κ2) is 13.5. The first kappa shape index (κ1) is 27.7. The van der Waals surface area contributed by atoms with Gasteiger partial charge in [0.2, 0.25) is 0 Å². The average Bonchev–Trinajstić information content (AvgIpc) is 2.97. The fourth-order valence-electron chi connectivity index (χ4n) is 7.71. The Labute approximate surface area is 230 Å². The van der Waals surface area contributed by atoms with Gasteiger partial charge in [-0.2, -0.15) is 0 Å². The summed E-state index contributed by atoms with van der Waals surface area (Å²) >= 11 is -3.43. The second-order valence-electron chi connectivity index (χ2n) is 10.5. The van der Waals surface area contributed by atoms with E-state index in [1.165, 1.54) is 25.7 Å². The van der Waals surface area contributed by atoms with E-state index < -0.39 is 18.4 Å². The monoisotopic (exact) mass is 596 g/mol. The number of hydrogen-bond acceptors (Lipinski definition) is 0. The van der Waals surface area contributed by atoms with Crippen LogP contribution >= 0.6 is 0 Å². The summed E-state index contributed by atoms with van der Waals surface area (Å²) in [6, 6.07) is 46.4. The van der Waals surface area contributed by atoms with Crippen LogP contribution in [0, 0.1) is 0 Å². The molecule has 0 saturated heterocycles. The van der Waals surface area contributed by atoms with E-state index in [1.807, 2.05) is 0 Å². The SMILES string of the molecule is CC[CH](c1ccccc1)[Sn]([CH](CC)c1ccccc1)([CH](CC)c1ccccc1)[CH](CC)c1ccccc1. The number of benzene rings is 4. The Morgan fingerprint density at radius 3 is 0.703 bits per heavy atom. The van der Waals surface area contributed by atoms with Crippen LogP contribution in [0.25, 0.3) is 0 Å². The van der Waals surface area contributed by atoms with Gasteiger partial charge in [-0.05, 0) is 0 Å². The second-order valence-corrected chi connectivity index (χ2v) is 24.2. The molecule has 4 aromatic rings. The first-order valence-corrected chi connectivity index (χ1v) is 21.0. The molecule has 0 spiro atoms. The standard InChI is InChI=1S/4C9H11.Sn/c4*1-2-6-9-7-4-3-5-8-9;/h4*3-8H,2H2,1H3;. The molecule has 0 bridgehead atoms. The molecule has 0 heterocycles. The third-order valence-electron chi connectivity index (χ3n) is 8.85. The van der Waals surface area contributed by atoms with Crippen LogP contribution in [0.4, 0.5) is 0 Å². The van der Waals surface area contributed by atoms with Crippen molar-refractivity contribution >= 4 is 18.4 Å². The molecular formula is C36H44Sn. The minimum absolute atomic E-state index is 0.621. The molecule has 4 atom stereocenters. The van der Waals surface area contributed by atoms with Crippen molar-refractivity contribution in [2.75, 3.05) is 0 Å². The summed E-state index contributed by atoms with van der Waals surface area (Å²) in [4.78, 5) is 0. The molecule has 0 aromatic heterocycles. The van der Waals surface area contributed by atoms with Crippen molar-refractivity contribution in [3.05, 3.63) is 144 Å². The molecule has 0 radical (unpaired) electrons. The van der Waals surface area contributed by atoms with E-state index in [-0.39, 0.29) is 0 Å². The van der Waals surface area contributed by atoms with Crippen molar-refractivity contribution in [3.63, 3.8) is 0 Å². The van der Waals surface area contributed by atoms with Gasteiger partial charge in [-0.15, -0.1) is 0 Å². The molecule has 0 fully saturated rings. The molecule has 0 N–H and O–H groups in total. The van der Waals surface area contributed by atoms with Crippen molar-refractivity contribution in [2.24, 2.45) is 0 Å². The molecule has 1 heteroatoms. The Balaban J connectivity index is 2.13. The van der Waals surface area contributed by atoms with Gasteiger partial charge in [0.25, 0.3) is 0 Å². The molecule has 4 rings (SSSR count). The van der Waals surface area contributed by atoms with Gasteiger partial charge in [0, 0.05) is 0 Å². The molecule has 192 valence electrons. The van der Waals surface area contributed by atoms with Gasteiger partial charge in [0.15, 0.2) is 0 Å². The number of hydrogen-bond donors (Lipinski definition) is 0. The van der Waals surface area contributed by atoms with Crippen LogP contribution in [0.1, 0.15) is 91.4 Å². The normalized spacial score (nSPS) is 16.3. The average molecular weight is 595 g/mol. The third-order valence-corrected chi connectivity index (χ3v) is 31.1. The summed E-state index contributed by atoms with van der Waals surface area (Å²) in [7, 11) is 0. The van der Waals surface area contributed by atoms with E-state index in [4.69, 9.17) is 0 Å². The van der Waals surface area contributed by atoms with Gasteiger partial charge < -0.3 is 0 Å². The van der Waals surface area contributed by atoms with E-state index in [0.717, 1.165) is 0 Å². The van der Waals surface area contributed by atoms with Gasteiger partial charge >= 0.3 is 231 Å². The van der Waals surface area contributed by atoms with Crippen molar-refractivity contribution in [3.8, 4) is 0 Å². The van der Waals surface area contributed by atoms with Crippen LogP contribution in [-0.4, -0.2) is 18.4 Å². The van der Waals surface area contributed by atoms with Crippen molar-refractivity contribution in [1.82, 2.24) is 0 Å². The van der Waals surface area contributed by atoms with Crippen LogP contribution in [0.2, 0.25) is 0 Å². The summed E-state index contributed by atoms with van der Waals surface area (Å²) in [5.41, 5.74) is 6.27. The van der Waals surface area contributed by atoms with Gasteiger partial charge in [0.1, 0.15) is 0 Å². The molecule has 0 aliphatic rings. The molecule has 0 nitrogen and oxygen atoms in total.